The van der Waals surface area contributed by atoms with Gasteiger partial charge in [0.25, 0.3) is 0 Å². The molecule has 3 rings (SSSR count). The summed E-state index contributed by atoms with van der Waals surface area (Å²) in [5.74, 6) is -0.0360. The number of benzene rings is 1. The van der Waals surface area contributed by atoms with E-state index < -0.39 is 6.10 Å². The van der Waals surface area contributed by atoms with Gasteiger partial charge in [-0.1, -0.05) is 29.8 Å². The third-order valence-corrected chi connectivity index (χ3v) is 5.82. The zero-order valence-corrected chi connectivity index (χ0v) is 15.1. The van der Waals surface area contributed by atoms with Gasteiger partial charge in [-0.05, 0) is 41.3 Å². The van der Waals surface area contributed by atoms with Crippen LogP contribution in [0.5, 0.6) is 0 Å². The topological polar surface area (TPSA) is 49.3 Å². The van der Waals surface area contributed by atoms with Crippen LogP contribution >= 0.6 is 34.3 Å². The quantitative estimate of drug-likeness (QED) is 0.668. The van der Waals surface area contributed by atoms with Gasteiger partial charge in [0.2, 0.25) is 5.91 Å². The molecule has 0 radical (unpaired) electrons. The van der Waals surface area contributed by atoms with Gasteiger partial charge < -0.3 is 10.4 Å². The average molecular weight is 378 g/mol. The lowest BCUT2D eigenvalue weighted by molar-refractivity contribution is -0.120. The summed E-state index contributed by atoms with van der Waals surface area (Å²) in [5.41, 5.74) is 0.928. The lowest BCUT2D eigenvalue weighted by Crippen LogP contribution is -2.24. The second-order valence-electron chi connectivity index (χ2n) is 5.30. The first-order chi connectivity index (χ1) is 11.6. The zero-order valence-electron chi connectivity index (χ0n) is 12.7. The highest BCUT2D eigenvalue weighted by Crippen LogP contribution is 2.30. The molecule has 2 heterocycles. The summed E-state index contributed by atoms with van der Waals surface area (Å²) in [6.07, 6.45) is -0.263. The van der Waals surface area contributed by atoms with E-state index in [4.69, 9.17) is 11.6 Å². The second-order valence-corrected chi connectivity index (χ2v) is 7.92. The summed E-state index contributed by atoms with van der Waals surface area (Å²) in [6, 6.07) is 15.0. The van der Waals surface area contributed by atoms with Crippen molar-refractivity contribution in [3.8, 4) is 0 Å². The molecule has 0 bridgehead atoms. The Bertz CT molecular complexity index is 797. The predicted molar refractivity (Wildman–Crippen MR) is 99.7 cm³/mol. The normalized spacial score (nSPS) is 12.1. The minimum absolute atomic E-state index is 0.0360. The fourth-order valence-electron chi connectivity index (χ4n) is 2.26. The molecule has 1 aromatic carbocycles. The minimum Gasteiger partial charge on any atom is -0.382 e. The molecule has 2 aromatic heterocycles. The molecule has 0 spiro atoms. The van der Waals surface area contributed by atoms with Gasteiger partial charge in [-0.25, -0.2) is 0 Å². The van der Waals surface area contributed by atoms with E-state index in [1.807, 2.05) is 41.8 Å². The molecule has 1 atom stereocenters. The summed E-state index contributed by atoms with van der Waals surface area (Å²) in [4.78, 5) is 14.8. The van der Waals surface area contributed by atoms with Crippen LogP contribution in [0.4, 0.5) is 0 Å². The molecule has 0 aliphatic rings. The van der Waals surface area contributed by atoms with Gasteiger partial charge in [0.1, 0.15) is 6.10 Å². The number of hydrogen-bond acceptors (Lipinski definition) is 4. The Morgan fingerprint density at radius 3 is 2.62 bits per heavy atom. The summed E-state index contributed by atoms with van der Waals surface area (Å²) in [7, 11) is 0. The molecular formula is C18H16ClNO2S2. The Morgan fingerprint density at radius 2 is 1.92 bits per heavy atom. The molecule has 2 N–H and O–H groups in total. The lowest BCUT2D eigenvalue weighted by atomic mass is 10.1. The first-order valence-electron chi connectivity index (χ1n) is 7.43. The van der Waals surface area contributed by atoms with Crippen LogP contribution in [0.3, 0.4) is 0 Å². The predicted octanol–water partition coefficient (Wildman–Crippen LogP) is 4.40. The largest absolute Gasteiger partial charge is 0.382 e. The smallest absolute Gasteiger partial charge is 0.224 e. The van der Waals surface area contributed by atoms with Crippen molar-refractivity contribution in [2.24, 2.45) is 0 Å². The third-order valence-electron chi connectivity index (χ3n) is 3.50. The van der Waals surface area contributed by atoms with Crippen molar-refractivity contribution in [1.82, 2.24) is 5.32 Å². The molecule has 1 amide bonds. The van der Waals surface area contributed by atoms with E-state index in [1.165, 1.54) is 22.7 Å². The second kappa shape index (κ2) is 7.94. The fourth-order valence-corrected chi connectivity index (χ4v) is 4.15. The number of rotatable bonds is 6. The maximum atomic E-state index is 12.0. The van der Waals surface area contributed by atoms with Crippen molar-refractivity contribution in [2.45, 2.75) is 19.1 Å². The first kappa shape index (κ1) is 17.2. The van der Waals surface area contributed by atoms with Crippen LogP contribution in [-0.4, -0.2) is 11.0 Å². The van der Waals surface area contributed by atoms with Crippen molar-refractivity contribution in [3.63, 3.8) is 0 Å². The number of thiophene rings is 2. The number of amides is 1. The van der Waals surface area contributed by atoms with Crippen LogP contribution in [-0.2, 0) is 17.8 Å². The van der Waals surface area contributed by atoms with Crippen molar-refractivity contribution < 1.29 is 9.90 Å². The highest BCUT2D eigenvalue weighted by molar-refractivity contribution is 7.12. The van der Waals surface area contributed by atoms with Gasteiger partial charge in [0, 0.05) is 19.7 Å². The van der Waals surface area contributed by atoms with Gasteiger partial charge in [0.05, 0.1) is 13.0 Å². The van der Waals surface area contributed by atoms with Gasteiger partial charge in [-0.15, -0.1) is 22.7 Å². The highest BCUT2D eigenvalue weighted by Gasteiger charge is 2.14. The van der Waals surface area contributed by atoms with E-state index >= 15 is 0 Å². The number of hydrogen-bond donors (Lipinski definition) is 2. The third kappa shape index (κ3) is 4.45. The molecule has 0 aliphatic heterocycles. The Morgan fingerprint density at radius 1 is 1.12 bits per heavy atom. The van der Waals surface area contributed by atoms with Crippen molar-refractivity contribution in [2.75, 3.05) is 0 Å². The number of halogens is 1. The lowest BCUT2D eigenvalue weighted by Gasteiger charge is -2.06. The molecule has 0 saturated carbocycles. The van der Waals surface area contributed by atoms with Crippen LogP contribution in [0, 0.1) is 0 Å². The molecular weight excluding hydrogens is 362 g/mol. The molecule has 6 heteroatoms. The standard InChI is InChI=1S/C18H16ClNO2S2/c19-13-5-3-12(4-6-13)10-17(21)20-11-14-7-8-16(24-14)18(22)15-2-1-9-23-15/h1-9,18,22H,10-11H2,(H,20,21). The molecule has 0 saturated heterocycles. The molecule has 124 valence electrons. The molecule has 1 unspecified atom stereocenters. The Labute approximate surface area is 153 Å². The maximum Gasteiger partial charge on any atom is 0.224 e. The summed E-state index contributed by atoms with van der Waals surface area (Å²) >= 11 is 8.88. The van der Waals surface area contributed by atoms with Crippen molar-refractivity contribution in [3.05, 3.63) is 79.1 Å². The number of carbonyl (C=O) groups excluding carboxylic acids is 1. The Kier molecular flexibility index (Phi) is 5.68. The number of aliphatic hydroxyl groups excluding tert-OH is 1. The van der Waals surface area contributed by atoms with E-state index in [9.17, 15) is 9.90 Å². The molecule has 0 fully saturated rings. The SMILES string of the molecule is O=C(Cc1ccc(Cl)cc1)NCc1ccc(C(O)c2cccs2)s1. The van der Waals surface area contributed by atoms with Crippen LogP contribution < -0.4 is 5.32 Å². The Hall–Kier alpha value is -1.66. The van der Waals surface area contributed by atoms with Gasteiger partial charge in [-0.3, -0.25) is 4.79 Å². The summed E-state index contributed by atoms with van der Waals surface area (Å²) < 4.78 is 0. The number of aliphatic hydroxyl groups is 1. The van der Waals surface area contributed by atoms with Crippen LogP contribution in [0.2, 0.25) is 5.02 Å². The first-order valence-corrected chi connectivity index (χ1v) is 9.50. The molecule has 0 aliphatic carbocycles. The van der Waals surface area contributed by atoms with Crippen molar-refractivity contribution >= 4 is 40.2 Å². The van der Waals surface area contributed by atoms with Gasteiger partial charge in [0.15, 0.2) is 0 Å². The minimum atomic E-state index is -0.589. The van der Waals surface area contributed by atoms with E-state index in [1.54, 1.807) is 12.1 Å². The maximum absolute atomic E-state index is 12.0. The number of carbonyl (C=O) groups is 1. The fraction of sp³-hybridized carbons (Fsp3) is 0.167. The van der Waals surface area contributed by atoms with Crippen LogP contribution in [0.25, 0.3) is 0 Å². The molecule has 3 aromatic rings. The molecule has 3 nitrogen and oxygen atoms in total. The number of nitrogens with one attached hydrogen (secondary N) is 1. The van der Waals surface area contributed by atoms with Gasteiger partial charge >= 0.3 is 0 Å². The van der Waals surface area contributed by atoms with E-state index in [0.717, 1.165) is 20.2 Å². The summed E-state index contributed by atoms with van der Waals surface area (Å²) in [5, 5.41) is 15.8. The summed E-state index contributed by atoms with van der Waals surface area (Å²) in [6.45, 7) is 0.467. The Balaban J connectivity index is 1.53. The highest BCUT2D eigenvalue weighted by atomic mass is 35.5. The zero-order chi connectivity index (χ0) is 16.9. The van der Waals surface area contributed by atoms with Crippen molar-refractivity contribution in [1.29, 1.82) is 0 Å². The monoisotopic (exact) mass is 377 g/mol. The van der Waals surface area contributed by atoms with Crippen LogP contribution in [0.1, 0.15) is 26.3 Å². The molecule has 24 heavy (non-hydrogen) atoms. The van der Waals surface area contributed by atoms with Crippen LogP contribution in [0.15, 0.2) is 53.9 Å². The van der Waals surface area contributed by atoms with E-state index in [0.29, 0.717) is 18.0 Å². The average Bonchev–Trinajstić information content (AvgIpc) is 3.26. The van der Waals surface area contributed by atoms with E-state index in [2.05, 4.69) is 5.32 Å². The van der Waals surface area contributed by atoms with Gasteiger partial charge in [-0.2, -0.15) is 0 Å². The van der Waals surface area contributed by atoms with E-state index in [-0.39, 0.29) is 5.91 Å².